The first-order valence-corrected chi connectivity index (χ1v) is 9.26. The minimum atomic E-state index is 0.683. The summed E-state index contributed by atoms with van der Waals surface area (Å²) in [5.74, 6) is 2.47. The molecule has 1 aromatic heterocycles. The van der Waals surface area contributed by atoms with Gasteiger partial charge in [-0.15, -0.1) is 0 Å². The summed E-state index contributed by atoms with van der Waals surface area (Å²) < 4.78 is 0. The van der Waals surface area contributed by atoms with Crippen molar-refractivity contribution in [1.82, 2.24) is 9.97 Å². The highest BCUT2D eigenvalue weighted by Crippen LogP contribution is 2.20. The molecule has 0 saturated carbocycles. The van der Waals surface area contributed by atoms with Crippen LogP contribution in [0.25, 0.3) is 0 Å². The van der Waals surface area contributed by atoms with Gasteiger partial charge in [0, 0.05) is 50.2 Å². The highest BCUT2D eigenvalue weighted by Gasteiger charge is 2.19. The molecule has 2 aromatic rings. The molecule has 5 nitrogen and oxygen atoms in total. The molecule has 5 heteroatoms. The minimum Gasteiger partial charge on any atom is -0.368 e. The van der Waals surface area contributed by atoms with Crippen molar-refractivity contribution in [3.63, 3.8) is 0 Å². The first-order chi connectivity index (χ1) is 12.1. The molecule has 25 heavy (non-hydrogen) atoms. The third kappa shape index (κ3) is 4.84. The SMILES string of the molecule is Cc1cc(N2CCN(c3ccccc3)CC2)nc(NCCC(C)C)n1. The number of hydrogen-bond acceptors (Lipinski definition) is 5. The Morgan fingerprint density at radius 2 is 1.68 bits per heavy atom. The lowest BCUT2D eigenvalue weighted by Crippen LogP contribution is -2.46. The van der Waals surface area contributed by atoms with E-state index in [-0.39, 0.29) is 0 Å². The molecular weight excluding hydrogens is 310 g/mol. The van der Waals surface area contributed by atoms with Crippen LogP contribution in [0.15, 0.2) is 36.4 Å². The van der Waals surface area contributed by atoms with Crippen molar-refractivity contribution in [2.45, 2.75) is 27.2 Å². The van der Waals surface area contributed by atoms with E-state index in [4.69, 9.17) is 4.98 Å². The second kappa shape index (κ2) is 8.19. The number of benzene rings is 1. The van der Waals surface area contributed by atoms with Crippen molar-refractivity contribution in [3.8, 4) is 0 Å². The predicted molar refractivity (Wildman–Crippen MR) is 106 cm³/mol. The molecule has 0 bridgehead atoms. The van der Waals surface area contributed by atoms with Crippen LogP contribution in [0.1, 0.15) is 26.0 Å². The highest BCUT2D eigenvalue weighted by atomic mass is 15.3. The van der Waals surface area contributed by atoms with E-state index in [9.17, 15) is 0 Å². The Balaban J connectivity index is 1.61. The normalized spacial score (nSPS) is 14.9. The molecule has 3 rings (SSSR count). The zero-order valence-corrected chi connectivity index (χ0v) is 15.6. The number of piperazine rings is 1. The van der Waals surface area contributed by atoms with Crippen molar-refractivity contribution >= 4 is 17.5 Å². The van der Waals surface area contributed by atoms with E-state index in [2.05, 4.69) is 70.3 Å². The molecule has 1 saturated heterocycles. The smallest absolute Gasteiger partial charge is 0.224 e. The Labute approximate surface area is 151 Å². The van der Waals surface area contributed by atoms with Gasteiger partial charge < -0.3 is 15.1 Å². The number of hydrogen-bond donors (Lipinski definition) is 1. The topological polar surface area (TPSA) is 44.3 Å². The number of aromatic nitrogens is 2. The van der Waals surface area contributed by atoms with Crippen molar-refractivity contribution < 1.29 is 0 Å². The van der Waals surface area contributed by atoms with Crippen LogP contribution in [0.4, 0.5) is 17.5 Å². The number of rotatable bonds is 6. The fourth-order valence-electron chi connectivity index (χ4n) is 3.10. The third-order valence-corrected chi connectivity index (χ3v) is 4.57. The maximum atomic E-state index is 4.74. The summed E-state index contributed by atoms with van der Waals surface area (Å²) in [7, 11) is 0. The summed E-state index contributed by atoms with van der Waals surface area (Å²) >= 11 is 0. The number of anilines is 3. The standard InChI is InChI=1S/C20H29N5/c1-16(2)9-10-21-20-22-17(3)15-19(23-20)25-13-11-24(12-14-25)18-7-5-4-6-8-18/h4-8,15-16H,9-14H2,1-3H3,(H,21,22,23). The molecule has 0 atom stereocenters. The Morgan fingerprint density at radius 3 is 2.36 bits per heavy atom. The van der Waals surface area contributed by atoms with Gasteiger partial charge in [0.2, 0.25) is 5.95 Å². The first kappa shape index (κ1) is 17.5. The summed E-state index contributed by atoms with van der Waals surface area (Å²) in [5, 5.41) is 3.37. The van der Waals surface area contributed by atoms with E-state index in [1.54, 1.807) is 0 Å². The molecule has 0 amide bonds. The predicted octanol–water partition coefficient (Wildman–Crippen LogP) is 3.57. The van der Waals surface area contributed by atoms with Crippen molar-refractivity contribution in [2.24, 2.45) is 5.92 Å². The third-order valence-electron chi connectivity index (χ3n) is 4.57. The summed E-state index contributed by atoms with van der Waals surface area (Å²) in [4.78, 5) is 14.1. The van der Waals surface area contributed by atoms with Crippen LogP contribution in [0.2, 0.25) is 0 Å². The van der Waals surface area contributed by atoms with Crippen molar-refractivity contribution in [3.05, 3.63) is 42.1 Å². The van der Waals surface area contributed by atoms with Crippen LogP contribution in [0.5, 0.6) is 0 Å². The van der Waals surface area contributed by atoms with Gasteiger partial charge in [0.1, 0.15) is 5.82 Å². The Kier molecular flexibility index (Phi) is 5.74. The Morgan fingerprint density at radius 1 is 1.00 bits per heavy atom. The van der Waals surface area contributed by atoms with E-state index in [0.29, 0.717) is 5.92 Å². The maximum absolute atomic E-state index is 4.74. The molecule has 1 fully saturated rings. The summed E-state index contributed by atoms with van der Waals surface area (Å²) in [6, 6.07) is 12.7. The highest BCUT2D eigenvalue weighted by molar-refractivity contribution is 5.50. The largest absolute Gasteiger partial charge is 0.368 e. The van der Waals surface area contributed by atoms with Gasteiger partial charge in [-0.2, -0.15) is 4.98 Å². The summed E-state index contributed by atoms with van der Waals surface area (Å²) in [6.45, 7) is 11.4. The molecule has 0 radical (unpaired) electrons. The lowest BCUT2D eigenvalue weighted by Gasteiger charge is -2.36. The number of aryl methyl sites for hydroxylation is 1. The molecule has 1 aliphatic rings. The van der Waals surface area contributed by atoms with Crippen LogP contribution in [-0.4, -0.2) is 42.7 Å². The minimum absolute atomic E-state index is 0.683. The van der Waals surface area contributed by atoms with Gasteiger partial charge in [0.05, 0.1) is 0 Å². The average molecular weight is 339 g/mol. The molecule has 2 heterocycles. The average Bonchev–Trinajstić information content (AvgIpc) is 2.62. The van der Waals surface area contributed by atoms with Gasteiger partial charge in [-0.25, -0.2) is 4.98 Å². The number of nitrogens with zero attached hydrogens (tertiary/aromatic N) is 4. The fraction of sp³-hybridized carbons (Fsp3) is 0.500. The first-order valence-electron chi connectivity index (χ1n) is 9.26. The molecule has 0 aliphatic carbocycles. The molecule has 134 valence electrons. The monoisotopic (exact) mass is 339 g/mol. The van der Waals surface area contributed by atoms with E-state index in [1.807, 2.05) is 6.92 Å². The van der Waals surface area contributed by atoms with E-state index < -0.39 is 0 Å². The van der Waals surface area contributed by atoms with Gasteiger partial charge in [-0.05, 0) is 31.4 Å². The molecule has 1 aliphatic heterocycles. The van der Waals surface area contributed by atoms with Crippen molar-refractivity contribution in [2.75, 3.05) is 47.8 Å². The molecule has 1 aromatic carbocycles. The lowest BCUT2D eigenvalue weighted by molar-refractivity contribution is 0.605. The molecule has 0 spiro atoms. The van der Waals surface area contributed by atoms with Gasteiger partial charge in [0.15, 0.2) is 0 Å². The molecular formula is C20H29N5. The van der Waals surface area contributed by atoms with Gasteiger partial charge in [-0.3, -0.25) is 0 Å². The zero-order valence-electron chi connectivity index (χ0n) is 15.6. The number of para-hydroxylation sites is 1. The van der Waals surface area contributed by atoms with E-state index in [1.165, 1.54) is 5.69 Å². The second-order valence-electron chi connectivity index (χ2n) is 7.11. The molecule has 0 unspecified atom stereocenters. The van der Waals surface area contributed by atoms with Crippen LogP contribution in [0.3, 0.4) is 0 Å². The Hall–Kier alpha value is -2.30. The van der Waals surface area contributed by atoms with Crippen LogP contribution in [0, 0.1) is 12.8 Å². The lowest BCUT2D eigenvalue weighted by atomic mass is 10.1. The van der Waals surface area contributed by atoms with Crippen LogP contribution >= 0.6 is 0 Å². The number of nitrogens with one attached hydrogen (secondary N) is 1. The van der Waals surface area contributed by atoms with Crippen molar-refractivity contribution in [1.29, 1.82) is 0 Å². The van der Waals surface area contributed by atoms with Crippen LogP contribution in [-0.2, 0) is 0 Å². The van der Waals surface area contributed by atoms with Gasteiger partial charge in [-0.1, -0.05) is 32.0 Å². The zero-order chi connectivity index (χ0) is 17.6. The van der Waals surface area contributed by atoms with Crippen LogP contribution < -0.4 is 15.1 Å². The summed E-state index contributed by atoms with van der Waals surface area (Å²) in [6.07, 6.45) is 1.13. The quantitative estimate of drug-likeness (QED) is 0.871. The van der Waals surface area contributed by atoms with E-state index in [0.717, 1.165) is 56.6 Å². The maximum Gasteiger partial charge on any atom is 0.224 e. The second-order valence-corrected chi connectivity index (χ2v) is 7.11. The van der Waals surface area contributed by atoms with Gasteiger partial charge in [0.25, 0.3) is 0 Å². The molecule has 1 N–H and O–H groups in total. The van der Waals surface area contributed by atoms with Gasteiger partial charge >= 0.3 is 0 Å². The fourth-order valence-corrected chi connectivity index (χ4v) is 3.10. The Bertz CT molecular complexity index is 663. The summed E-state index contributed by atoms with van der Waals surface area (Å²) in [5.41, 5.74) is 2.32. The van der Waals surface area contributed by atoms with E-state index >= 15 is 0 Å².